The summed E-state index contributed by atoms with van der Waals surface area (Å²) in [5.41, 5.74) is 0.266. The highest BCUT2D eigenvalue weighted by atomic mass is 16.5. The van der Waals surface area contributed by atoms with Gasteiger partial charge < -0.3 is 45.7 Å². The Labute approximate surface area is 293 Å². The summed E-state index contributed by atoms with van der Waals surface area (Å²) in [4.78, 5) is 51.2. The van der Waals surface area contributed by atoms with Crippen molar-refractivity contribution in [3.05, 3.63) is 23.3 Å². The highest BCUT2D eigenvalue weighted by Crippen LogP contribution is 2.65. The van der Waals surface area contributed by atoms with Gasteiger partial charge in [0, 0.05) is 38.3 Å². The van der Waals surface area contributed by atoms with E-state index >= 15 is 0 Å². The van der Waals surface area contributed by atoms with Crippen LogP contribution in [0.2, 0.25) is 0 Å². The van der Waals surface area contributed by atoms with Crippen LogP contribution < -0.4 is 26.0 Å². The molecule has 6 N–H and O–H groups in total. The van der Waals surface area contributed by atoms with Crippen molar-refractivity contribution in [2.24, 2.45) is 17.8 Å². The number of piperidine rings is 1. The molecule has 2 bridgehead atoms. The van der Waals surface area contributed by atoms with E-state index in [2.05, 4.69) is 26.2 Å². The van der Waals surface area contributed by atoms with E-state index in [1.54, 1.807) is 6.07 Å². The third-order valence-electron chi connectivity index (χ3n) is 11.4. The van der Waals surface area contributed by atoms with Crippen molar-refractivity contribution in [1.82, 2.24) is 26.2 Å². The summed E-state index contributed by atoms with van der Waals surface area (Å²) in [7, 11) is 1.50. The number of hydrogen-bond acceptors (Lipinski definition) is 10. The molecular formula is C36H53N5O9. The number of amides is 4. The molecule has 7 atom stereocenters. The number of hydrogen-bond donors (Lipinski definition) is 6. The quantitative estimate of drug-likeness (QED) is 0.130. The molecule has 14 heteroatoms. The number of aliphatic hydroxyl groups is 1. The van der Waals surface area contributed by atoms with Crippen LogP contribution in [0.4, 0.5) is 0 Å². The van der Waals surface area contributed by atoms with Crippen LogP contribution in [0.15, 0.2) is 12.1 Å². The molecule has 50 heavy (non-hydrogen) atoms. The van der Waals surface area contributed by atoms with Gasteiger partial charge in [-0.15, -0.1) is 0 Å². The molecule has 2 unspecified atom stereocenters. The number of nitrogens with one attached hydrogen (secondary N) is 4. The number of phenolic OH excluding ortho intramolecular Hbond substituents is 1. The molecule has 1 spiro atoms. The monoisotopic (exact) mass is 699 g/mol. The molecule has 1 aromatic rings. The minimum atomic E-state index is -1.03. The van der Waals surface area contributed by atoms with Crippen molar-refractivity contribution < 1.29 is 43.6 Å². The minimum absolute atomic E-state index is 0.0383. The minimum Gasteiger partial charge on any atom is -0.504 e. The molecule has 3 fully saturated rings. The summed E-state index contributed by atoms with van der Waals surface area (Å²) >= 11 is 0. The molecule has 1 saturated heterocycles. The lowest BCUT2D eigenvalue weighted by atomic mass is 9.48. The van der Waals surface area contributed by atoms with Crippen molar-refractivity contribution in [2.75, 3.05) is 59.7 Å². The second-order valence-electron chi connectivity index (χ2n) is 15.2. The average molecular weight is 700 g/mol. The fraction of sp³-hybridized carbons (Fsp3) is 0.722. The molecule has 2 saturated carbocycles. The molecular weight excluding hydrogens is 646 g/mol. The Morgan fingerprint density at radius 2 is 1.58 bits per heavy atom. The van der Waals surface area contributed by atoms with Crippen LogP contribution in [-0.2, 0) is 40.5 Å². The fourth-order valence-corrected chi connectivity index (χ4v) is 8.95. The van der Waals surface area contributed by atoms with E-state index in [1.165, 1.54) is 19.9 Å². The first-order valence-corrected chi connectivity index (χ1v) is 18.1. The van der Waals surface area contributed by atoms with E-state index in [4.69, 9.17) is 14.2 Å². The van der Waals surface area contributed by atoms with E-state index in [-0.39, 0.29) is 73.7 Å². The van der Waals surface area contributed by atoms with Crippen molar-refractivity contribution in [3.8, 4) is 11.5 Å². The highest BCUT2D eigenvalue weighted by molar-refractivity contribution is 5.80. The SMILES string of the molecule is CNC(=O)COCC(=O)NCC(C)CC(C)CNC(=O)COCC(=O)N[C@@H]1CC[C@@]2(O)[C@H]3Cc4ccc(O)c5c4[C@@]2(CCN3CC2CC2)[C@H]1O5. The predicted octanol–water partition coefficient (Wildman–Crippen LogP) is 0.115. The van der Waals surface area contributed by atoms with Gasteiger partial charge >= 0.3 is 0 Å². The van der Waals surface area contributed by atoms with Crippen LogP contribution in [0.1, 0.15) is 63.5 Å². The first kappa shape index (κ1) is 36.3. The number of nitrogens with zero attached hydrogens (tertiary/aromatic N) is 1. The lowest BCUT2D eigenvalue weighted by Gasteiger charge is -2.64. The summed E-state index contributed by atoms with van der Waals surface area (Å²) in [6.45, 7) is 5.77. The average Bonchev–Trinajstić information content (AvgIpc) is 3.83. The zero-order valence-electron chi connectivity index (χ0n) is 29.4. The van der Waals surface area contributed by atoms with Crippen LogP contribution in [0.5, 0.6) is 11.5 Å². The van der Waals surface area contributed by atoms with E-state index < -0.39 is 23.2 Å². The van der Waals surface area contributed by atoms with Crippen LogP contribution >= 0.6 is 0 Å². The topological polar surface area (TPSA) is 188 Å². The van der Waals surface area contributed by atoms with Gasteiger partial charge in [-0.2, -0.15) is 0 Å². The number of likely N-dealkylation sites (tertiary alicyclic amines) is 1. The molecule has 276 valence electrons. The first-order chi connectivity index (χ1) is 23.9. The first-order valence-electron chi connectivity index (χ1n) is 18.1. The molecule has 14 nitrogen and oxygen atoms in total. The third kappa shape index (κ3) is 7.30. The van der Waals surface area contributed by atoms with Crippen molar-refractivity contribution in [2.45, 2.75) is 88.0 Å². The van der Waals surface area contributed by atoms with Crippen molar-refractivity contribution >= 4 is 23.6 Å². The lowest BCUT2D eigenvalue weighted by Crippen LogP contribution is -2.78. The van der Waals surface area contributed by atoms with Crippen LogP contribution in [0, 0.1) is 17.8 Å². The Bertz CT molecular complexity index is 1450. The van der Waals surface area contributed by atoms with Gasteiger partial charge in [0.2, 0.25) is 23.6 Å². The van der Waals surface area contributed by atoms with Gasteiger partial charge in [0.25, 0.3) is 0 Å². The van der Waals surface area contributed by atoms with Gasteiger partial charge in [0.15, 0.2) is 11.5 Å². The number of benzene rings is 1. The summed E-state index contributed by atoms with van der Waals surface area (Å²) in [6.07, 6.45) is 5.15. The maximum absolute atomic E-state index is 13.1. The second-order valence-corrected chi connectivity index (χ2v) is 15.2. The number of aromatic hydroxyl groups is 1. The zero-order valence-corrected chi connectivity index (χ0v) is 29.4. The van der Waals surface area contributed by atoms with Gasteiger partial charge in [-0.25, -0.2) is 0 Å². The van der Waals surface area contributed by atoms with Gasteiger partial charge in [-0.1, -0.05) is 19.9 Å². The van der Waals surface area contributed by atoms with E-state index in [0.29, 0.717) is 50.4 Å². The highest BCUT2D eigenvalue weighted by Gasteiger charge is 2.73. The van der Waals surface area contributed by atoms with Gasteiger partial charge in [-0.3, -0.25) is 24.1 Å². The lowest BCUT2D eigenvalue weighted by molar-refractivity contribution is -0.192. The fourth-order valence-electron chi connectivity index (χ4n) is 8.95. The second kappa shape index (κ2) is 15.0. The number of carbonyl (C=O) groups is 4. The summed E-state index contributed by atoms with van der Waals surface area (Å²) in [5, 5.41) is 34.5. The molecule has 0 aromatic heterocycles. The molecule has 3 aliphatic carbocycles. The Morgan fingerprint density at radius 1 is 0.940 bits per heavy atom. The third-order valence-corrected chi connectivity index (χ3v) is 11.4. The summed E-state index contributed by atoms with van der Waals surface area (Å²) in [5.74, 6) is 0.197. The summed E-state index contributed by atoms with van der Waals surface area (Å²) < 4.78 is 17.0. The van der Waals surface area contributed by atoms with Gasteiger partial charge in [0.05, 0.1) is 17.1 Å². The van der Waals surface area contributed by atoms with Crippen LogP contribution in [-0.4, -0.2) is 122 Å². The van der Waals surface area contributed by atoms with E-state index in [9.17, 15) is 29.4 Å². The van der Waals surface area contributed by atoms with Crippen LogP contribution in [0.3, 0.4) is 0 Å². The Hall–Kier alpha value is -3.46. The standard InChI is InChI=1S/C36H53N5O9/c1-21(14-38-29(44)18-48-17-28(43)37-3)12-22(2)15-39-30(45)19-49-20-31(46)40-25-8-9-36(47)27-13-24-6-7-26(42)33-32(24)35(36,34(25)50-33)10-11-41(27)16-23-4-5-23/h6-7,21-23,25,27,34,42,47H,4-5,8-20H2,1-3H3,(H,37,43)(H,38,44)(H,39,45)(H,40,46)/t21?,22?,25-,27-,34+,35+,36-/m1/s1. The van der Waals surface area contributed by atoms with Crippen LogP contribution in [0.25, 0.3) is 0 Å². The Balaban J connectivity index is 0.943. The van der Waals surface area contributed by atoms with Gasteiger partial charge in [-0.05, 0) is 80.9 Å². The molecule has 2 aliphatic heterocycles. The zero-order chi connectivity index (χ0) is 35.6. The van der Waals surface area contributed by atoms with Gasteiger partial charge in [0.1, 0.15) is 32.5 Å². The Morgan fingerprint density at radius 3 is 2.22 bits per heavy atom. The number of phenols is 1. The summed E-state index contributed by atoms with van der Waals surface area (Å²) in [6, 6.07) is 3.21. The molecule has 0 radical (unpaired) electrons. The molecule has 4 amide bonds. The Kier molecular flexibility index (Phi) is 10.9. The number of carbonyl (C=O) groups excluding carboxylic acids is 4. The number of rotatable bonds is 17. The smallest absolute Gasteiger partial charge is 0.246 e. The maximum atomic E-state index is 13.1. The number of ether oxygens (including phenoxy) is 3. The molecule has 6 rings (SSSR count). The van der Waals surface area contributed by atoms with Crippen molar-refractivity contribution in [3.63, 3.8) is 0 Å². The largest absolute Gasteiger partial charge is 0.504 e. The number of likely N-dealkylation sites (N-methyl/N-ethyl adjacent to an activating group) is 1. The van der Waals surface area contributed by atoms with Crippen molar-refractivity contribution in [1.29, 1.82) is 0 Å². The maximum Gasteiger partial charge on any atom is 0.246 e. The van der Waals surface area contributed by atoms with E-state index in [0.717, 1.165) is 30.6 Å². The molecule has 5 aliphatic rings. The van der Waals surface area contributed by atoms with E-state index in [1.807, 2.05) is 19.9 Å². The normalized spacial score (nSPS) is 28.8. The molecule has 1 aromatic carbocycles. The predicted molar refractivity (Wildman–Crippen MR) is 181 cm³/mol. The molecule has 2 heterocycles.